The third-order valence-electron chi connectivity index (χ3n) is 2.57. The van der Waals surface area contributed by atoms with E-state index in [0.29, 0.717) is 0 Å². The number of likely N-dealkylation sites (N-methyl/N-ethyl adjacent to an activating group) is 1. The van der Waals surface area contributed by atoms with Gasteiger partial charge < -0.3 is 9.80 Å². The molecule has 0 aromatic rings. The first-order valence-electron chi connectivity index (χ1n) is 5.37. The van der Waals surface area contributed by atoms with Gasteiger partial charge in [-0.05, 0) is 20.0 Å². The molecule has 0 saturated carbocycles. The predicted octanol–water partition coefficient (Wildman–Crippen LogP) is 1.39. The van der Waals surface area contributed by atoms with E-state index in [9.17, 15) is 0 Å². The monoisotopic (exact) mass is 207 g/mol. The maximum Gasteiger partial charge on any atom is 0.123 e. The largest absolute Gasteiger partial charge is 0.354 e. The van der Waals surface area contributed by atoms with E-state index in [4.69, 9.17) is 0 Å². The molecule has 1 aliphatic heterocycles. The highest BCUT2D eigenvalue weighted by Gasteiger charge is 2.14. The zero-order chi connectivity index (χ0) is 11.3. The van der Waals surface area contributed by atoms with Crippen LogP contribution in [0, 0.1) is 0 Å². The van der Waals surface area contributed by atoms with E-state index in [0.717, 1.165) is 37.6 Å². The third-order valence-corrected chi connectivity index (χ3v) is 2.57. The van der Waals surface area contributed by atoms with Gasteiger partial charge in [0.2, 0.25) is 0 Å². The highest BCUT2D eigenvalue weighted by atomic mass is 15.3. The second-order valence-electron chi connectivity index (χ2n) is 4.05. The van der Waals surface area contributed by atoms with Gasteiger partial charge in [-0.3, -0.25) is 4.99 Å². The van der Waals surface area contributed by atoms with Crippen molar-refractivity contribution in [3.8, 4) is 0 Å². The predicted molar refractivity (Wildman–Crippen MR) is 66.4 cm³/mol. The second-order valence-corrected chi connectivity index (χ2v) is 4.05. The fraction of sp³-hybridized carbons (Fsp3) is 0.583. The van der Waals surface area contributed by atoms with Crippen molar-refractivity contribution >= 4 is 5.84 Å². The van der Waals surface area contributed by atoms with Crippen LogP contribution in [0.2, 0.25) is 0 Å². The van der Waals surface area contributed by atoms with Gasteiger partial charge in [0.25, 0.3) is 0 Å². The van der Waals surface area contributed by atoms with Crippen molar-refractivity contribution in [2.75, 3.05) is 40.3 Å². The Hall–Kier alpha value is -1.09. The molecule has 84 valence electrons. The molecule has 0 atom stereocenters. The maximum atomic E-state index is 4.30. The van der Waals surface area contributed by atoms with Gasteiger partial charge in [-0.15, -0.1) is 0 Å². The van der Waals surface area contributed by atoms with Crippen LogP contribution < -0.4 is 0 Å². The highest BCUT2D eigenvalue weighted by Crippen LogP contribution is 2.02. The van der Waals surface area contributed by atoms with Crippen LogP contribution in [0.3, 0.4) is 0 Å². The lowest BCUT2D eigenvalue weighted by atomic mass is 10.2. The van der Waals surface area contributed by atoms with Gasteiger partial charge in [-0.25, -0.2) is 0 Å². The minimum Gasteiger partial charge on any atom is -0.354 e. The van der Waals surface area contributed by atoms with E-state index >= 15 is 0 Å². The molecule has 1 heterocycles. The van der Waals surface area contributed by atoms with Crippen LogP contribution in [-0.4, -0.2) is 55.9 Å². The fourth-order valence-electron chi connectivity index (χ4n) is 1.57. The Kier molecular flexibility index (Phi) is 4.56. The van der Waals surface area contributed by atoms with Gasteiger partial charge in [0.1, 0.15) is 5.84 Å². The lowest BCUT2D eigenvalue weighted by Crippen LogP contribution is -2.46. The van der Waals surface area contributed by atoms with E-state index in [1.54, 1.807) is 0 Å². The average molecular weight is 207 g/mol. The normalized spacial score (nSPS) is 19.9. The number of allylic oxidation sites excluding steroid dienone is 2. The molecule has 0 aliphatic carbocycles. The first-order valence-corrected chi connectivity index (χ1v) is 5.37. The van der Waals surface area contributed by atoms with Crippen molar-refractivity contribution < 1.29 is 0 Å². The van der Waals surface area contributed by atoms with Gasteiger partial charge in [0.15, 0.2) is 0 Å². The van der Waals surface area contributed by atoms with Crippen LogP contribution in [0.15, 0.2) is 29.3 Å². The summed E-state index contributed by atoms with van der Waals surface area (Å²) in [6, 6.07) is 0. The molecular formula is C12H21N3. The summed E-state index contributed by atoms with van der Waals surface area (Å²) in [7, 11) is 4.00. The summed E-state index contributed by atoms with van der Waals surface area (Å²) in [5.74, 6) is 1.06. The van der Waals surface area contributed by atoms with Gasteiger partial charge in [-0.1, -0.05) is 18.2 Å². The highest BCUT2D eigenvalue weighted by molar-refractivity contribution is 5.93. The Bertz CT molecular complexity index is 271. The Balaban J connectivity index is 2.56. The lowest BCUT2D eigenvalue weighted by Gasteiger charge is -2.33. The van der Waals surface area contributed by atoms with Crippen molar-refractivity contribution in [3.63, 3.8) is 0 Å². The zero-order valence-corrected chi connectivity index (χ0v) is 10.0. The SMILES string of the molecule is C=C(C)/C=C\C(=NC)N1CCN(C)CC1. The summed E-state index contributed by atoms with van der Waals surface area (Å²) < 4.78 is 0. The van der Waals surface area contributed by atoms with Crippen LogP contribution in [0.1, 0.15) is 6.92 Å². The summed E-state index contributed by atoms with van der Waals surface area (Å²) >= 11 is 0. The van der Waals surface area contributed by atoms with E-state index in [1.165, 1.54) is 0 Å². The summed E-state index contributed by atoms with van der Waals surface area (Å²) in [6.07, 6.45) is 4.06. The minimum absolute atomic E-state index is 1.06. The van der Waals surface area contributed by atoms with E-state index < -0.39 is 0 Å². The number of hydrogen-bond acceptors (Lipinski definition) is 2. The number of hydrogen-bond donors (Lipinski definition) is 0. The number of rotatable bonds is 2. The molecule has 0 radical (unpaired) electrons. The van der Waals surface area contributed by atoms with Crippen molar-refractivity contribution in [3.05, 3.63) is 24.3 Å². The molecule has 0 unspecified atom stereocenters. The molecule has 0 spiro atoms. The average Bonchev–Trinajstić information content (AvgIpc) is 2.21. The summed E-state index contributed by atoms with van der Waals surface area (Å²) in [5.41, 5.74) is 1.06. The Morgan fingerprint density at radius 2 is 1.80 bits per heavy atom. The van der Waals surface area contributed by atoms with Crippen LogP contribution in [0.25, 0.3) is 0 Å². The molecule has 1 rings (SSSR count). The zero-order valence-electron chi connectivity index (χ0n) is 10.0. The van der Waals surface area contributed by atoms with E-state index in [2.05, 4.69) is 28.4 Å². The van der Waals surface area contributed by atoms with Gasteiger partial charge in [0.05, 0.1) is 0 Å². The first kappa shape index (κ1) is 12.0. The molecule has 3 heteroatoms. The fourth-order valence-corrected chi connectivity index (χ4v) is 1.57. The molecular weight excluding hydrogens is 186 g/mol. The van der Waals surface area contributed by atoms with Gasteiger partial charge in [0, 0.05) is 33.2 Å². The van der Waals surface area contributed by atoms with Crippen molar-refractivity contribution in [1.29, 1.82) is 0 Å². The molecule has 0 aromatic heterocycles. The minimum atomic E-state index is 1.06. The Labute approximate surface area is 92.8 Å². The Morgan fingerprint density at radius 1 is 1.20 bits per heavy atom. The molecule has 3 nitrogen and oxygen atoms in total. The third kappa shape index (κ3) is 3.88. The summed E-state index contributed by atoms with van der Waals surface area (Å²) in [6.45, 7) is 10.2. The number of nitrogens with zero attached hydrogens (tertiary/aromatic N) is 3. The van der Waals surface area contributed by atoms with E-state index in [1.807, 2.05) is 26.1 Å². The molecule has 15 heavy (non-hydrogen) atoms. The summed E-state index contributed by atoms with van der Waals surface area (Å²) in [5, 5.41) is 0. The lowest BCUT2D eigenvalue weighted by molar-refractivity contribution is 0.216. The molecule has 0 N–H and O–H groups in total. The van der Waals surface area contributed by atoms with E-state index in [-0.39, 0.29) is 0 Å². The maximum absolute atomic E-state index is 4.30. The van der Waals surface area contributed by atoms with Gasteiger partial charge >= 0.3 is 0 Å². The number of aliphatic imine (C=N–C) groups is 1. The molecule has 0 amide bonds. The number of amidine groups is 1. The quantitative estimate of drug-likeness (QED) is 0.387. The Morgan fingerprint density at radius 3 is 2.27 bits per heavy atom. The van der Waals surface area contributed by atoms with Crippen LogP contribution in [0.5, 0.6) is 0 Å². The van der Waals surface area contributed by atoms with Crippen LogP contribution in [-0.2, 0) is 0 Å². The first-order chi connectivity index (χ1) is 7.13. The van der Waals surface area contributed by atoms with Crippen LogP contribution >= 0.6 is 0 Å². The topological polar surface area (TPSA) is 18.8 Å². The van der Waals surface area contributed by atoms with Crippen molar-refractivity contribution in [2.24, 2.45) is 4.99 Å². The molecule has 0 aromatic carbocycles. The molecule has 1 saturated heterocycles. The second kappa shape index (κ2) is 5.71. The summed E-state index contributed by atoms with van der Waals surface area (Å²) in [4.78, 5) is 8.96. The van der Waals surface area contributed by atoms with Crippen molar-refractivity contribution in [1.82, 2.24) is 9.80 Å². The molecule has 1 aliphatic rings. The molecule has 1 fully saturated rings. The van der Waals surface area contributed by atoms with Crippen LogP contribution in [0.4, 0.5) is 0 Å². The standard InChI is InChI=1S/C12H21N3/c1-11(2)5-6-12(13-3)15-9-7-14(4)8-10-15/h5-6H,1,7-10H2,2-4H3/b6-5-,13-12?. The molecule has 0 bridgehead atoms. The van der Waals surface area contributed by atoms with Crippen molar-refractivity contribution in [2.45, 2.75) is 6.92 Å². The van der Waals surface area contributed by atoms with Gasteiger partial charge in [-0.2, -0.15) is 0 Å². The number of piperazine rings is 1. The smallest absolute Gasteiger partial charge is 0.123 e.